The molecule has 0 bridgehead atoms. The fourth-order valence-corrected chi connectivity index (χ4v) is 3.02. The molecule has 6 nitrogen and oxygen atoms in total. The van der Waals surface area contributed by atoms with Crippen LogP contribution in [0.4, 0.5) is 10.9 Å². The second kappa shape index (κ2) is 6.21. The fourth-order valence-electron chi connectivity index (χ4n) is 2.27. The molecule has 1 aliphatic rings. The maximum Gasteiger partial charge on any atom is 0.265 e. The number of aliphatic hydroxyl groups excluding tert-OH is 1. The summed E-state index contributed by atoms with van der Waals surface area (Å²) in [6, 6.07) is 0. The number of nitrogen functional groups attached to an aromatic ring is 1. The second-order valence-electron chi connectivity index (χ2n) is 4.87. The average molecular weight is 284 g/mol. The number of thiazole rings is 1. The van der Waals surface area contributed by atoms with Crippen LogP contribution in [0.2, 0.25) is 0 Å². The molecule has 7 heteroatoms. The van der Waals surface area contributed by atoms with E-state index in [4.69, 9.17) is 5.73 Å². The van der Waals surface area contributed by atoms with Gasteiger partial charge in [-0.05, 0) is 31.6 Å². The quantitative estimate of drug-likeness (QED) is 0.662. The molecule has 0 spiro atoms. The van der Waals surface area contributed by atoms with Gasteiger partial charge in [0.1, 0.15) is 10.7 Å². The summed E-state index contributed by atoms with van der Waals surface area (Å²) in [5.74, 6) is 0.554. The van der Waals surface area contributed by atoms with Crippen LogP contribution in [-0.4, -0.2) is 35.7 Å². The van der Waals surface area contributed by atoms with Gasteiger partial charge in [-0.2, -0.15) is 0 Å². The third kappa shape index (κ3) is 3.57. The summed E-state index contributed by atoms with van der Waals surface area (Å²) in [5, 5.41) is 15.9. The van der Waals surface area contributed by atoms with E-state index in [1.807, 2.05) is 0 Å². The van der Waals surface area contributed by atoms with Crippen molar-refractivity contribution < 1.29 is 9.90 Å². The smallest absolute Gasteiger partial charge is 0.265 e. The third-order valence-electron chi connectivity index (χ3n) is 3.44. The van der Waals surface area contributed by atoms with Gasteiger partial charge in [-0.3, -0.25) is 4.79 Å². The molecule has 1 aliphatic carbocycles. The Labute approximate surface area is 116 Å². The van der Waals surface area contributed by atoms with E-state index in [1.54, 1.807) is 7.05 Å². The van der Waals surface area contributed by atoms with Crippen molar-refractivity contribution in [2.45, 2.75) is 31.8 Å². The van der Waals surface area contributed by atoms with E-state index < -0.39 is 0 Å². The van der Waals surface area contributed by atoms with Crippen molar-refractivity contribution in [1.82, 2.24) is 10.3 Å². The van der Waals surface area contributed by atoms with Crippen molar-refractivity contribution in [3.05, 3.63) is 4.88 Å². The SMILES string of the molecule is CNc1nc(N)c(C(=O)NCC2CCC(O)CC2)s1. The van der Waals surface area contributed by atoms with Crippen molar-refractivity contribution >= 4 is 28.2 Å². The number of nitrogens with one attached hydrogen (secondary N) is 2. The molecule has 1 fully saturated rings. The number of carbonyl (C=O) groups excluding carboxylic acids is 1. The molecule has 106 valence electrons. The van der Waals surface area contributed by atoms with Crippen molar-refractivity contribution in [2.75, 3.05) is 24.6 Å². The van der Waals surface area contributed by atoms with Crippen LogP contribution >= 0.6 is 11.3 Å². The molecule has 19 heavy (non-hydrogen) atoms. The van der Waals surface area contributed by atoms with E-state index >= 15 is 0 Å². The first kappa shape index (κ1) is 14.1. The molecular weight excluding hydrogens is 264 g/mol. The predicted molar refractivity (Wildman–Crippen MR) is 76.4 cm³/mol. The highest BCUT2D eigenvalue weighted by atomic mass is 32.1. The first-order chi connectivity index (χ1) is 9.10. The first-order valence-electron chi connectivity index (χ1n) is 6.50. The van der Waals surface area contributed by atoms with Crippen LogP contribution in [0.5, 0.6) is 0 Å². The highest BCUT2D eigenvalue weighted by molar-refractivity contribution is 7.18. The van der Waals surface area contributed by atoms with Crippen LogP contribution in [0.1, 0.15) is 35.4 Å². The molecule has 5 N–H and O–H groups in total. The molecule has 1 amide bonds. The van der Waals surface area contributed by atoms with Gasteiger partial charge in [-0.1, -0.05) is 11.3 Å². The lowest BCUT2D eigenvalue weighted by atomic mass is 9.87. The van der Waals surface area contributed by atoms with Gasteiger partial charge in [0.25, 0.3) is 5.91 Å². The molecule has 0 unspecified atom stereocenters. The Balaban J connectivity index is 1.85. The number of rotatable bonds is 4. The van der Waals surface area contributed by atoms with Crippen molar-refractivity contribution in [1.29, 1.82) is 0 Å². The highest BCUT2D eigenvalue weighted by Crippen LogP contribution is 2.26. The van der Waals surface area contributed by atoms with Crippen molar-refractivity contribution in [2.24, 2.45) is 5.92 Å². The highest BCUT2D eigenvalue weighted by Gasteiger charge is 2.21. The van der Waals surface area contributed by atoms with Gasteiger partial charge < -0.3 is 21.5 Å². The summed E-state index contributed by atoms with van der Waals surface area (Å²) < 4.78 is 0. The molecule has 1 aromatic heterocycles. The largest absolute Gasteiger partial charge is 0.393 e. The molecule has 2 rings (SSSR count). The number of hydrogen-bond acceptors (Lipinski definition) is 6. The summed E-state index contributed by atoms with van der Waals surface area (Å²) in [4.78, 5) is 16.5. The Morgan fingerprint density at radius 1 is 1.47 bits per heavy atom. The van der Waals surface area contributed by atoms with Crippen molar-refractivity contribution in [3.8, 4) is 0 Å². The van der Waals surface area contributed by atoms with Crippen LogP contribution in [0, 0.1) is 5.92 Å². The Kier molecular flexibility index (Phi) is 4.60. The molecule has 0 aliphatic heterocycles. The minimum atomic E-state index is -0.165. The fraction of sp³-hybridized carbons (Fsp3) is 0.667. The maximum atomic E-state index is 12.0. The lowest BCUT2D eigenvalue weighted by molar-refractivity contribution is 0.0914. The molecular formula is C12H20N4O2S. The van der Waals surface area contributed by atoms with E-state index in [2.05, 4.69) is 15.6 Å². The van der Waals surface area contributed by atoms with Gasteiger partial charge in [-0.15, -0.1) is 0 Å². The molecule has 0 atom stereocenters. The number of aromatic nitrogens is 1. The van der Waals surface area contributed by atoms with Crippen LogP contribution in [0.25, 0.3) is 0 Å². The summed E-state index contributed by atoms with van der Waals surface area (Å²) in [7, 11) is 1.74. The molecule has 0 aromatic carbocycles. The number of amides is 1. The van der Waals surface area contributed by atoms with E-state index in [9.17, 15) is 9.90 Å². The zero-order valence-corrected chi connectivity index (χ0v) is 11.8. The zero-order chi connectivity index (χ0) is 13.8. The Morgan fingerprint density at radius 2 is 2.16 bits per heavy atom. The summed E-state index contributed by atoms with van der Waals surface area (Å²) in [6.07, 6.45) is 3.41. The first-order valence-corrected chi connectivity index (χ1v) is 7.32. The summed E-state index contributed by atoms with van der Waals surface area (Å²) in [5.41, 5.74) is 5.71. The third-order valence-corrected chi connectivity index (χ3v) is 4.53. The number of nitrogens with two attached hydrogens (primary N) is 1. The Bertz CT molecular complexity index is 441. The molecule has 1 aromatic rings. The average Bonchev–Trinajstić information content (AvgIpc) is 2.79. The Morgan fingerprint density at radius 3 is 2.74 bits per heavy atom. The van der Waals surface area contributed by atoms with Gasteiger partial charge in [0.05, 0.1) is 6.10 Å². The van der Waals surface area contributed by atoms with Crippen molar-refractivity contribution in [3.63, 3.8) is 0 Å². The molecule has 0 saturated heterocycles. The number of aliphatic hydroxyl groups is 1. The molecule has 1 saturated carbocycles. The number of nitrogens with zero attached hydrogens (tertiary/aromatic N) is 1. The Hall–Kier alpha value is -1.34. The lowest BCUT2D eigenvalue weighted by Crippen LogP contribution is -2.32. The minimum Gasteiger partial charge on any atom is -0.393 e. The summed E-state index contributed by atoms with van der Waals surface area (Å²) in [6.45, 7) is 0.637. The zero-order valence-electron chi connectivity index (χ0n) is 11.0. The second-order valence-corrected chi connectivity index (χ2v) is 5.87. The van der Waals surface area contributed by atoms with E-state index in [0.29, 0.717) is 22.5 Å². The van der Waals surface area contributed by atoms with E-state index in [0.717, 1.165) is 25.7 Å². The van der Waals surface area contributed by atoms with Crippen LogP contribution in [0.15, 0.2) is 0 Å². The normalized spacial score (nSPS) is 23.1. The van der Waals surface area contributed by atoms with Crippen LogP contribution < -0.4 is 16.4 Å². The van der Waals surface area contributed by atoms with Gasteiger partial charge in [0.2, 0.25) is 0 Å². The molecule has 0 radical (unpaired) electrons. The van der Waals surface area contributed by atoms with Gasteiger partial charge in [0, 0.05) is 13.6 Å². The monoisotopic (exact) mass is 284 g/mol. The minimum absolute atomic E-state index is 0.164. The summed E-state index contributed by atoms with van der Waals surface area (Å²) >= 11 is 1.26. The number of anilines is 2. The number of carbonyl (C=O) groups is 1. The predicted octanol–water partition coefficient (Wildman–Crippen LogP) is 1.05. The maximum absolute atomic E-state index is 12.0. The van der Waals surface area contributed by atoms with Gasteiger partial charge in [0.15, 0.2) is 5.13 Å². The van der Waals surface area contributed by atoms with Gasteiger partial charge in [-0.25, -0.2) is 4.98 Å². The standard InChI is InChI=1S/C12H20N4O2S/c1-14-12-16-10(13)9(19-12)11(18)15-6-7-2-4-8(17)5-3-7/h7-8,17H,2-6,13H2,1H3,(H,14,16)(H,15,18). The van der Waals surface area contributed by atoms with E-state index in [-0.39, 0.29) is 17.8 Å². The topological polar surface area (TPSA) is 100 Å². The van der Waals surface area contributed by atoms with Crippen LogP contribution in [-0.2, 0) is 0 Å². The van der Waals surface area contributed by atoms with Crippen LogP contribution in [0.3, 0.4) is 0 Å². The molecule has 1 heterocycles. The number of hydrogen-bond donors (Lipinski definition) is 4. The van der Waals surface area contributed by atoms with E-state index in [1.165, 1.54) is 11.3 Å². The van der Waals surface area contributed by atoms with Gasteiger partial charge >= 0.3 is 0 Å². The lowest BCUT2D eigenvalue weighted by Gasteiger charge is -2.25.